The molecule has 1 amide bonds. The van der Waals surface area contributed by atoms with Crippen molar-refractivity contribution in [1.82, 2.24) is 14.9 Å². The summed E-state index contributed by atoms with van der Waals surface area (Å²) in [4.78, 5) is 46.7. The summed E-state index contributed by atoms with van der Waals surface area (Å²) >= 11 is 0. The first-order chi connectivity index (χ1) is 8.43. The number of esters is 1. The Kier molecular flexibility index (Phi) is 4.41. The van der Waals surface area contributed by atoms with Gasteiger partial charge in [-0.3, -0.25) is 19.1 Å². The van der Waals surface area contributed by atoms with Gasteiger partial charge >= 0.3 is 11.7 Å². The summed E-state index contributed by atoms with van der Waals surface area (Å²) in [6, 6.07) is 0.319. The minimum absolute atomic E-state index is 0.295. The third-order valence-electron chi connectivity index (χ3n) is 2.14. The summed E-state index contributed by atoms with van der Waals surface area (Å²) in [5.41, 5.74) is -1.23. The molecule has 2 N–H and O–H groups in total. The fourth-order valence-corrected chi connectivity index (χ4v) is 1.25. The number of carbonyl (C=O) groups is 2. The van der Waals surface area contributed by atoms with Gasteiger partial charge in [-0.15, -0.1) is 0 Å². The van der Waals surface area contributed by atoms with Crippen LogP contribution in [0.5, 0.6) is 0 Å². The topological polar surface area (TPSA) is 110 Å². The van der Waals surface area contributed by atoms with Gasteiger partial charge < -0.3 is 10.1 Å². The maximum absolute atomic E-state index is 11.5. The fourth-order valence-electron chi connectivity index (χ4n) is 1.25. The van der Waals surface area contributed by atoms with Gasteiger partial charge in [0.15, 0.2) is 0 Å². The molecular weight excluding hydrogens is 242 g/mol. The van der Waals surface area contributed by atoms with Gasteiger partial charge in [0.25, 0.3) is 5.56 Å². The van der Waals surface area contributed by atoms with Crippen molar-refractivity contribution in [3.63, 3.8) is 0 Å². The highest BCUT2D eigenvalue weighted by molar-refractivity contribution is 5.83. The molecule has 1 atom stereocenters. The number of hydrogen-bond donors (Lipinski definition) is 2. The second-order valence-electron chi connectivity index (χ2n) is 3.55. The average molecular weight is 255 g/mol. The number of aromatic amines is 1. The number of nitrogens with zero attached hydrogens (tertiary/aromatic N) is 1. The number of aromatic nitrogens is 2. The maximum atomic E-state index is 11.5. The van der Waals surface area contributed by atoms with E-state index in [1.54, 1.807) is 0 Å². The highest BCUT2D eigenvalue weighted by Crippen LogP contribution is 1.87. The van der Waals surface area contributed by atoms with Crippen LogP contribution in [0.2, 0.25) is 0 Å². The zero-order valence-corrected chi connectivity index (χ0v) is 9.93. The van der Waals surface area contributed by atoms with Gasteiger partial charge in [0, 0.05) is 12.3 Å². The van der Waals surface area contributed by atoms with Crippen LogP contribution in [0, 0.1) is 0 Å². The van der Waals surface area contributed by atoms with E-state index in [0.717, 1.165) is 10.6 Å². The van der Waals surface area contributed by atoms with E-state index in [-0.39, 0.29) is 6.54 Å². The van der Waals surface area contributed by atoms with Crippen molar-refractivity contribution in [2.45, 2.75) is 19.5 Å². The molecule has 8 nitrogen and oxygen atoms in total. The second-order valence-corrected chi connectivity index (χ2v) is 3.55. The average Bonchev–Trinajstić information content (AvgIpc) is 2.31. The normalized spacial score (nSPS) is 11.7. The molecule has 18 heavy (non-hydrogen) atoms. The van der Waals surface area contributed by atoms with Crippen LogP contribution >= 0.6 is 0 Å². The lowest BCUT2D eigenvalue weighted by atomic mass is 10.3. The van der Waals surface area contributed by atoms with E-state index in [4.69, 9.17) is 0 Å². The van der Waals surface area contributed by atoms with Crippen molar-refractivity contribution >= 4 is 11.9 Å². The van der Waals surface area contributed by atoms with Crippen molar-refractivity contribution in [2.24, 2.45) is 0 Å². The molecule has 8 heteroatoms. The second kappa shape index (κ2) is 5.80. The Morgan fingerprint density at radius 1 is 1.50 bits per heavy atom. The van der Waals surface area contributed by atoms with Crippen LogP contribution in [-0.2, 0) is 20.9 Å². The van der Waals surface area contributed by atoms with Gasteiger partial charge in [0.1, 0.15) is 12.6 Å². The molecule has 0 aliphatic heterocycles. The van der Waals surface area contributed by atoms with E-state index in [1.807, 2.05) is 4.98 Å². The third-order valence-corrected chi connectivity index (χ3v) is 2.14. The quantitative estimate of drug-likeness (QED) is 0.618. The molecule has 1 aromatic heterocycles. The Balaban J connectivity index is 2.68. The molecule has 0 saturated carbocycles. The Labute approximate surface area is 102 Å². The molecule has 1 heterocycles. The van der Waals surface area contributed by atoms with Gasteiger partial charge in [-0.25, -0.2) is 9.59 Å². The molecule has 0 fully saturated rings. The number of ether oxygens (including phenoxy) is 1. The number of hydrogen-bond acceptors (Lipinski definition) is 5. The minimum atomic E-state index is -0.805. The van der Waals surface area contributed by atoms with Gasteiger partial charge in [-0.2, -0.15) is 0 Å². The Bertz CT molecular complexity index is 559. The van der Waals surface area contributed by atoms with Gasteiger partial charge in [-0.05, 0) is 6.92 Å². The summed E-state index contributed by atoms with van der Waals surface area (Å²) in [5.74, 6) is -1.13. The number of H-pyrrole nitrogens is 1. The molecule has 0 spiro atoms. The summed E-state index contributed by atoms with van der Waals surface area (Å²) < 4.78 is 5.45. The Morgan fingerprint density at radius 3 is 2.72 bits per heavy atom. The number of amides is 1. The molecule has 1 rings (SSSR count). The number of nitrogens with one attached hydrogen (secondary N) is 2. The minimum Gasteiger partial charge on any atom is -0.467 e. The van der Waals surface area contributed by atoms with Crippen LogP contribution in [0.1, 0.15) is 6.92 Å². The van der Waals surface area contributed by atoms with Crippen molar-refractivity contribution in [1.29, 1.82) is 0 Å². The SMILES string of the molecule is COC(=O)C(C)NC(=O)Cn1ccc(=O)[nH]c1=O. The van der Waals surface area contributed by atoms with Crippen molar-refractivity contribution in [3.05, 3.63) is 33.1 Å². The maximum Gasteiger partial charge on any atom is 0.328 e. The Morgan fingerprint density at radius 2 is 2.17 bits per heavy atom. The van der Waals surface area contributed by atoms with Gasteiger partial charge in [-0.1, -0.05) is 0 Å². The number of carbonyl (C=O) groups excluding carboxylic acids is 2. The first kappa shape index (κ1) is 13.7. The van der Waals surface area contributed by atoms with Crippen LogP contribution in [0.3, 0.4) is 0 Å². The molecule has 0 bridgehead atoms. The van der Waals surface area contributed by atoms with Crippen LogP contribution in [0.4, 0.5) is 0 Å². The van der Waals surface area contributed by atoms with Crippen molar-refractivity contribution < 1.29 is 14.3 Å². The predicted octanol–water partition coefficient (Wildman–Crippen LogP) is -1.79. The molecule has 1 unspecified atom stereocenters. The van der Waals surface area contributed by atoms with E-state index in [1.165, 1.54) is 20.2 Å². The highest BCUT2D eigenvalue weighted by atomic mass is 16.5. The van der Waals surface area contributed by atoms with Crippen LogP contribution in [0.15, 0.2) is 21.9 Å². The zero-order valence-electron chi connectivity index (χ0n) is 9.93. The van der Waals surface area contributed by atoms with Crippen LogP contribution < -0.4 is 16.6 Å². The summed E-state index contributed by atoms with van der Waals surface area (Å²) in [7, 11) is 1.21. The monoisotopic (exact) mass is 255 g/mol. The fraction of sp³-hybridized carbons (Fsp3) is 0.400. The highest BCUT2D eigenvalue weighted by Gasteiger charge is 2.16. The predicted molar refractivity (Wildman–Crippen MR) is 60.9 cm³/mol. The van der Waals surface area contributed by atoms with Gasteiger partial charge in [0.2, 0.25) is 5.91 Å². The van der Waals surface area contributed by atoms with Gasteiger partial charge in [0.05, 0.1) is 7.11 Å². The summed E-state index contributed by atoms with van der Waals surface area (Å²) in [5, 5.41) is 2.36. The molecule has 0 aromatic carbocycles. The van der Waals surface area contributed by atoms with Crippen LogP contribution in [0.25, 0.3) is 0 Å². The zero-order chi connectivity index (χ0) is 13.7. The standard InChI is InChI=1S/C10H13N3O5/c1-6(9(16)18-2)11-8(15)5-13-4-3-7(14)12-10(13)17/h3-4,6H,5H2,1-2H3,(H,11,15)(H,12,14,17). The lowest BCUT2D eigenvalue weighted by Crippen LogP contribution is -2.42. The summed E-state index contributed by atoms with van der Waals surface area (Å²) in [6.45, 7) is 1.16. The molecule has 0 radical (unpaired) electrons. The number of methoxy groups -OCH3 is 1. The van der Waals surface area contributed by atoms with E-state index in [2.05, 4.69) is 10.1 Å². The first-order valence-electron chi connectivity index (χ1n) is 5.11. The largest absolute Gasteiger partial charge is 0.467 e. The Hall–Kier alpha value is -2.38. The first-order valence-corrected chi connectivity index (χ1v) is 5.11. The lowest BCUT2D eigenvalue weighted by Gasteiger charge is -2.11. The molecule has 0 aliphatic carbocycles. The van der Waals surface area contributed by atoms with E-state index in [9.17, 15) is 19.2 Å². The summed E-state index contributed by atoms with van der Waals surface area (Å²) in [6.07, 6.45) is 1.20. The number of rotatable bonds is 4. The molecule has 1 aromatic rings. The van der Waals surface area contributed by atoms with Crippen molar-refractivity contribution in [3.8, 4) is 0 Å². The van der Waals surface area contributed by atoms with Crippen molar-refractivity contribution in [2.75, 3.05) is 7.11 Å². The third kappa shape index (κ3) is 3.58. The lowest BCUT2D eigenvalue weighted by molar-refractivity contribution is -0.144. The van der Waals surface area contributed by atoms with E-state index in [0.29, 0.717) is 0 Å². The smallest absolute Gasteiger partial charge is 0.328 e. The molecule has 0 aliphatic rings. The molecular formula is C10H13N3O5. The van der Waals surface area contributed by atoms with E-state index >= 15 is 0 Å². The molecule has 0 saturated heterocycles. The molecule has 98 valence electrons. The van der Waals surface area contributed by atoms with E-state index < -0.39 is 29.2 Å². The van der Waals surface area contributed by atoms with Crippen LogP contribution in [-0.4, -0.2) is 34.6 Å².